The van der Waals surface area contributed by atoms with Gasteiger partial charge in [0.1, 0.15) is 22.6 Å². The van der Waals surface area contributed by atoms with E-state index in [2.05, 4.69) is 10.3 Å². The maximum absolute atomic E-state index is 14.0. The fourth-order valence-corrected chi connectivity index (χ4v) is 3.19. The normalized spacial score (nSPS) is 14.8. The third-order valence-electron chi connectivity index (χ3n) is 4.32. The number of anilines is 1. The first-order valence-electron chi connectivity index (χ1n) is 8.24. The van der Waals surface area contributed by atoms with Crippen LogP contribution in [0.1, 0.15) is 43.0 Å². The van der Waals surface area contributed by atoms with E-state index in [9.17, 15) is 9.18 Å². The van der Waals surface area contributed by atoms with Crippen molar-refractivity contribution in [2.45, 2.75) is 38.6 Å². The number of nitrogens with one attached hydrogen (secondary N) is 1. The summed E-state index contributed by atoms with van der Waals surface area (Å²) in [5.74, 6) is -0.554. The van der Waals surface area contributed by atoms with Crippen molar-refractivity contribution in [2.75, 3.05) is 19.0 Å². The Kier molecular flexibility index (Phi) is 4.83. The summed E-state index contributed by atoms with van der Waals surface area (Å²) >= 11 is 0. The highest BCUT2D eigenvalue weighted by Crippen LogP contribution is 2.35. The molecule has 3 rings (SSSR count). The van der Waals surface area contributed by atoms with Crippen molar-refractivity contribution in [3.63, 3.8) is 0 Å². The molecule has 0 unspecified atom stereocenters. The Morgan fingerprint density at radius 1 is 1.38 bits per heavy atom. The lowest BCUT2D eigenvalue weighted by Gasteiger charge is -2.19. The Bertz CT molecular complexity index is 758. The average Bonchev–Trinajstić information content (AvgIpc) is 3.08. The molecule has 0 bridgehead atoms. The fourth-order valence-electron chi connectivity index (χ4n) is 3.19. The number of hydrogen-bond acceptors (Lipinski definition) is 5. The molecule has 0 amide bonds. The van der Waals surface area contributed by atoms with Crippen LogP contribution in [0.4, 0.5) is 10.1 Å². The molecule has 5 nitrogen and oxygen atoms in total. The number of benzene rings is 1. The van der Waals surface area contributed by atoms with Crippen molar-refractivity contribution in [3.8, 4) is 5.75 Å². The number of ether oxygens (including phenoxy) is 2. The van der Waals surface area contributed by atoms with E-state index < -0.39 is 11.8 Å². The molecular formula is C18H21FN2O3. The van der Waals surface area contributed by atoms with Crippen LogP contribution in [0.2, 0.25) is 0 Å². The van der Waals surface area contributed by atoms with Gasteiger partial charge < -0.3 is 14.8 Å². The highest BCUT2D eigenvalue weighted by atomic mass is 19.1. The third kappa shape index (κ3) is 3.13. The van der Waals surface area contributed by atoms with Crippen LogP contribution in [-0.4, -0.2) is 30.7 Å². The van der Waals surface area contributed by atoms with E-state index in [0.717, 1.165) is 25.7 Å². The summed E-state index contributed by atoms with van der Waals surface area (Å²) < 4.78 is 24.4. The van der Waals surface area contributed by atoms with Gasteiger partial charge in [-0.05, 0) is 25.8 Å². The second kappa shape index (κ2) is 7.03. The van der Waals surface area contributed by atoms with Crippen molar-refractivity contribution in [1.29, 1.82) is 0 Å². The molecule has 1 aliphatic rings. The lowest BCUT2D eigenvalue weighted by Crippen LogP contribution is -2.18. The van der Waals surface area contributed by atoms with Gasteiger partial charge in [0.05, 0.1) is 19.4 Å². The van der Waals surface area contributed by atoms with Crippen molar-refractivity contribution >= 4 is 22.6 Å². The molecule has 1 fully saturated rings. The maximum Gasteiger partial charge on any atom is 0.341 e. The zero-order valence-corrected chi connectivity index (χ0v) is 13.9. The number of methoxy groups -OCH3 is 1. The molecule has 0 atom stereocenters. The van der Waals surface area contributed by atoms with Gasteiger partial charge in [-0.3, -0.25) is 4.98 Å². The third-order valence-corrected chi connectivity index (χ3v) is 4.32. The largest absolute Gasteiger partial charge is 0.494 e. The van der Waals surface area contributed by atoms with Crippen LogP contribution in [0.25, 0.3) is 10.9 Å². The average molecular weight is 332 g/mol. The van der Waals surface area contributed by atoms with E-state index in [1.165, 1.54) is 25.4 Å². The summed E-state index contributed by atoms with van der Waals surface area (Å²) in [6.45, 7) is 2.02. The van der Waals surface area contributed by atoms with Crippen molar-refractivity contribution < 1.29 is 18.7 Å². The Balaban J connectivity index is 2.16. The Morgan fingerprint density at radius 2 is 2.12 bits per heavy atom. The molecule has 0 spiro atoms. The van der Waals surface area contributed by atoms with Gasteiger partial charge in [0.15, 0.2) is 0 Å². The number of fused-ring (bicyclic) bond motifs is 1. The molecule has 0 radical (unpaired) electrons. The first kappa shape index (κ1) is 16.5. The van der Waals surface area contributed by atoms with Crippen LogP contribution in [0.5, 0.6) is 5.75 Å². The molecule has 2 aromatic rings. The Morgan fingerprint density at radius 3 is 2.79 bits per heavy atom. The van der Waals surface area contributed by atoms with Gasteiger partial charge >= 0.3 is 5.97 Å². The zero-order chi connectivity index (χ0) is 17.1. The molecule has 1 aliphatic carbocycles. The second-order valence-corrected chi connectivity index (χ2v) is 5.90. The monoisotopic (exact) mass is 332 g/mol. The highest BCUT2D eigenvalue weighted by Gasteiger charge is 2.23. The van der Waals surface area contributed by atoms with Gasteiger partial charge in [-0.1, -0.05) is 12.8 Å². The topological polar surface area (TPSA) is 60.5 Å². The van der Waals surface area contributed by atoms with E-state index in [1.54, 1.807) is 6.92 Å². The molecule has 128 valence electrons. The summed E-state index contributed by atoms with van der Waals surface area (Å²) in [5, 5.41) is 3.94. The Hall–Kier alpha value is -2.37. The van der Waals surface area contributed by atoms with Gasteiger partial charge in [0.25, 0.3) is 0 Å². The molecule has 1 N–H and O–H groups in total. The second-order valence-electron chi connectivity index (χ2n) is 5.90. The standard InChI is InChI=1S/C18H21FN2O3/c1-3-24-18(22)14-10-20-17-13(8-11(19)9-15(17)23-2)16(14)21-12-6-4-5-7-12/h8-10,12H,3-7H2,1-2H3,(H,20,21). The van der Waals surface area contributed by atoms with E-state index in [-0.39, 0.29) is 12.6 Å². The number of carbonyl (C=O) groups is 1. The summed E-state index contributed by atoms with van der Waals surface area (Å²) in [5.41, 5.74) is 1.42. The predicted molar refractivity (Wildman–Crippen MR) is 90.1 cm³/mol. The van der Waals surface area contributed by atoms with Crippen LogP contribution in [0, 0.1) is 5.82 Å². The molecule has 1 heterocycles. The smallest absolute Gasteiger partial charge is 0.341 e. The molecule has 0 aliphatic heterocycles. The minimum atomic E-state index is -0.462. The van der Waals surface area contributed by atoms with Crippen molar-refractivity contribution in [1.82, 2.24) is 4.98 Å². The van der Waals surface area contributed by atoms with Crippen molar-refractivity contribution in [2.24, 2.45) is 0 Å². The lowest BCUT2D eigenvalue weighted by atomic mass is 10.1. The minimum Gasteiger partial charge on any atom is -0.494 e. The first-order valence-corrected chi connectivity index (χ1v) is 8.24. The number of carbonyl (C=O) groups excluding carboxylic acids is 1. The van der Waals surface area contributed by atoms with E-state index in [0.29, 0.717) is 27.9 Å². The summed E-state index contributed by atoms with van der Waals surface area (Å²) in [6, 6.07) is 2.93. The summed E-state index contributed by atoms with van der Waals surface area (Å²) in [6.07, 6.45) is 5.81. The lowest BCUT2D eigenvalue weighted by molar-refractivity contribution is 0.0527. The van der Waals surface area contributed by atoms with Crippen molar-refractivity contribution in [3.05, 3.63) is 29.7 Å². The van der Waals surface area contributed by atoms with Crippen LogP contribution < -0.4 is 10.1 Å². The van der Waals surface area contributed by atoms with Gasteiger partial charge in [-0.2, -0.15) is 0 Å². The maximum atomic E-state index is 14.0. The van der Waals surface area contributed by atoms with Crippen LogP contribution in [0.15, 0.2) is 18.3 Å². The van der Waals surface area contributed by atoms with Gasteiger partial charge in [0.2, 0.25) is 0 Å². The number of halogens is 1. The number of hydrogen-bond donors (Lipinski definition) is 1. The molecule has 1 aromatic carbocycles. The number of aromatic nitrogens is 1. The molecular weight excluding hydrogens is 311 g/mol. The number of rotatable bonds is 5. The highest BCUT2D eigenvalue weighted by molar-refractivity contribution is 6.06. The molecule has 1 aromatic heterocycles. The van der Waals surface area contributed by atoms with Crippen LogP contribution in [-0.2, 0) is 4.74 Å². The molecule has 24 heavy (non-hydrogen) atoms. The number of nitrogens with zero attached hydrogens (tertiary/aromatic N) is 1. The fraction of sp³-hybridized carbons (Fsp3) is 0.444. The molecule has 1 saturated carbocycles. The zero-order valence-electron chi connectivity index (χ0n) is 13.9. The van der Waals surface area contributed by atoms with Gasteiger partial charge in [-0.25, -0.2) is 9.18 Å². The van der Waals surface area contributed by atoms with Gasteiger partial charge in [-0.15, -0.1) is 0 Å². The number of esters is 1. The predicted octanol–water partition coefficient (Wildman–Crippen LogP) is 3.91. The quantitative estimate of drug-likeness (QED) is 0.841. The Labute approximate surface area is 140 Å². The van der Waals surface area contributed by atoms with Gasteiger partial charge in [0, 0.05) is 23.7 Å². The molecule has 0 saturated heterocycles. The van der Waals surface area contributed by atoms with Crippen LogP contribution >= 0.6 is 0 Å². The number of pyridine rings is 1. The van der Waals surface area contributed by atoms with E-state index in [4.69, 9.17) is 9.47 Å². The van der Waals surface area contributed by atoms with E-state index >= 15 is 0 Å². The van der Waals surface area contributed by atoms with E-state index in [1.807, 2.05) is 0 Å². The summed E-state index contributed by atoms with van der Waals surface area (Å²) in [4.78, 5) is 16.6. The van der Waals surface area contributed by atoms with Crippen LogP contribution in [0.3, 0.4) is 0 Å². The summed E-state index contributed by atoms with van der Waals surface area (Å²) in [7, 11) is 1.47. The first-order chi connectivity index (χ1) is 11.6. The minimum absolute atomic E-state index is 0.262. The SMILES string of the molecule is CCOC(=O)c1cnc2c(OC)cc(F)cc2c1NC1CCCC1. The molecule has 6 heteroatoms.